The van der Waals surface area contributed by atoms with E-state index >= 15 is 0 Å². The Morgan fingerprint density at radius 1 is 1.12 bits per heavy atom. The fourth-order valence-corrected chi connectivity index (χ4v) is 3.69. The molecule has 1 aliphatic heterocycles. The third kappa shape index (κ3) is 3.51. The molecule has 4 rings (SSSR count). The van der Waals surface area contributed by atoms with Crippen molar-refractivity contribution in [2.75, 3.05) is 31.1 Å². The SMILES string of the molecule is O=C(/C=C/c1nc2ccccc2s1)N1CCN(c2cnccn2)CC1. The molecule has 0 saturated carbocycles. The van der Waals surface area contributed by atoms with E-state index in [0.717, 1.165) is 34.1 Å². The van der Waals surface area contributed by atoms with E-state index in [1.54, 1.807) is 36.0 Å². The molecule has 1 saturated heterocycles. The molecule has 25 heavy (non-hydrogen) atoms. The van der Waals surface area contributed by atoms with Crippen molar-refractivity contribution in [3.05, 3.63) is 53.9 Å². The van der Waals surface area contributed by atoms with E-state index in [-0.39, 0.29) is 5.91 Å². The van der Waals surface area contributed by atoms with Crippen molar-refractivity contribution in [2.24, 2.45) is 0 Å². The number of benzene rings is 1. The topological polar surface area (TPSA) is 62.2 Å². The van der Waals surface area contributed by atoms with Gasteiger partial charge < -0.3 is 9.80 Å². The van der Waals surface area contributed by atoms with E-state index in [1.807, 2.05) is 35.2 Å². The van der Waals surface area contributed by atoms with E-state index in [4.69, 9.17) is 0 Å². The maximum Gasteiger partial charge on any atom is 0.246 e. The first-order valence-electron chi connectivity index (χ1n) is 8.13. The molecule has 7 heteroatoms. The summed E-state index contributed by atoms with van der Waals surface area (Å²) in [7, 11) is 0. The summed E-state index contributed by atoms with van der Waals surface area (Å²) >= 11 is 1.59. The predicted molar refractivity (Wildman–Crippen MR) is 99.5 cm³/mol. The van der Waals surface area contributed by atoms with Gasteiger partial charge in [0.2, 0.25) is 5.91 Å². The maximum atomic E-state index is 12.4. The molecule has 2 aromatic heterocycles. The summed E-state index contributed by atoms with van der Waals surface area (Å²) in [5.41, 5.74) is 0.970. The summed E-state index contributed by atoms with van der Waals surface area (Å²) in [5, 5.41) is 0.854. The highest BCUT2D eigenvalue weighted by Gasteiger charge is 2.20. The van der Waals surface area contributed by atoms with Crippen LogP contribution in [0.4, 0.5) is 5.82 Å². The van der Waals surface area contributed by atoms with Gasteiger partial charge in [-0.3, -0.25) is 9.78 Å². The van der Waals surface area contributed by atoms with Crippen LogP contribution in [0.2, 0.25) is 0 Å². The summed E-state index contributed by atoms with van der Waals surface area (Å²) in [5.74, 6) is 0.887. The van der Waals surface area contributed by atoms with Gasteiger partial charge in [-0.15, -0.1) is 11.3 Å². The molecule has 0 N–H and O–H groups in total. The molecule has 0 radical (unpaired) electrons. The van der Waals surface area contributed by atoms with Crippen molar-refractivity contribution in [1.82, 2.24) is 19.9 Å². The Hall–Kier alpha value is -2.80. The van der Waals surface area contributed by atoms with Crippen LogP contribution >= 0.6 is 11.3 Å². The van der Waals surface area contributed by atoms with Crippen molar-refractivity contribution in [3.63, 3.8) is 0 Å². The van der Waals surface area contributed by atoms with Crippen LogP contribution in [0.5, 0.6) is 0 Å². The van der Waals surface area contributed by atoms with Gasteiger partial charge in [-0.1, -0.05) is 12.1 Å². The van der Waals surface area contributed by atoms with Crippen molar-refractivity contribution >= 4 is 39.4 Å². The fourth-order valence-electron chi connectivity index (χ4n) is 2.82. The number of nitrogens with zero attached hydrogens (tertiary/aromatic N) is 5. The van der Waals surface area contributed by atoms with Crippen molar-refractivity contribution in [3.8, 4) is 0 Å². The Bertz CT molecular complexity index is 867. The zero-order chi connectivity index (χ0) is 17.1. The summed E-state index contributed by atoms with van der Waals surface area (Å²) in [6, 6.07) is 7.99. The van der Waals surface area contributed by atoms with Gasteiger partial charge in [0.25, 0.3) is 0 Å². The third-order valence-corrected chi connectivity index (χ3v) is 5.15. The smallest absolute Gasteiger partial charge is 0.246 e. The number of para-hydroxylation sites is 1. The standard InChI is InChI=1S/C18H17N5OS/c24-18(6-5-17-21-14-3-1-2-4-15(14)25-17)23-11-9-22(10-12-23)16-13-19-7-8-20-16/h1-8,13H,9-12H2/b6-5+. The second kappa shape index (κ2) is 6.98. The largest absolute Gasteiger partial charge is 0.352 e. The number of carbonyl (C=O) groups is 1. The summed E-state index contributed by atoms with van der Waals surface area (Å²) in [6.07, 6.45) is 8.53. The van der Waals surface area contributed by atoms with E-state index < -0.39 is 0 Å². The van der Waals surface area contributed by atoms with Gasteiger partial charge in [0.15, 0.2) is 0 Å². The second-order valence-corrected chi connectivity index (χ2v) is 6.79. The number of amides is 1. The number of carbonyl (C=O) groups excluding carboxylic acids is 1. The molecule has 0 unspecified atom stereocenters. The van der Waals surface area contributed by atoms with Crippen molar-refractivity contribution < 1.29 is 4.79 Å². The van der Waals surface area contributed by atoms with E-state index in [0.29, 0.717) is 13.1 Å². The quantitative estimate of drug-likeness (QED) is 0.678. The van der Waals surface area contributed by atoms with Crippen LogP contribution in [0.1, 0.15) is 5.01 Å². The molecule has 1 fully saturated rings. The molecule has 6 nitrogen and oxygen atoms in total. The Labute approximate surface area is 149 Å². The first kappa shape index (κ1) is 15.7. The fraction of sp³-hybridized carbons (Fsp3) is 0.222. The normalized spacial score (nSPS) is 15.2. The monoisotopic (exact) mass is 351 g/mol. The average Bonchev–Trinajstić information content (AvgIpc) is 3.10. The molecule has 3 heterocycles. The molecule has 1 amide bonds. The second-order valence-electron chi connectivity index (χ2n) is 5.73. The van der Waals surface area contributed by atoms with Gasteiger partial charge >= 0.3 is 0 Å². The van der Waals surface area contributed by atoms with Gasteiger partial charge in [0.1, 0.15) is 10.8 Å². The van der Waals surface area contributed by atoms with Crippen LogP contribution in [0, 0.1) is 0 Å². The van der Waals surface area contributed by atoms with Crippen LogP contribution in [-0.4, -0.2) is 51.9 Å². The minimum Gasteiger partial charge on any atom is -0.352 e. The molecular weight excluding hydrogens is 334 g/mol. The molecule has 0 aliphatic carbocycles. The molecule has 3 aromatic rings. The third-order valence-electron chi connectivity index (χ3n) is 4.14. The first-order chi connectivity index (χ1) is 12.3. The first-order valence-corrected chi connectivity index (χ1v) is 8.95. The number of rotatable bonds is 3. The van der Waals surface area contributed by atoms with Gasteiger partial charge in [-0.05, 0) is 18.2 Å². The van der Waals surface area contributed by atoms with Crippen LogP contribution < -0.4 is 4.90 Å². The number of hydrogen-bond acceptors (Lipinski definition) is 6. The van der Waals surface area contributed by atoms with E-state index in [9.17, 15) is 4.79 Å². The van der Waals surface area contributed by atoms with Crippen LogP contribution in [0.25, 0.3) is 16.3 Å². The highest BCUT2D eigenvalue weighted by atomic mass is 32.1. The Morgan fingerprint density at radius 3 is 2.72 bits per heavy atom. The molecular formula is C18H17N5OS. The van der Waals surface area contributed by atoms with Crippen LogP contribution in [0.3, 0.4) is 0 Å². The molecule has 1 aliphatic rings. The maximum absolute atomic E-state index is 12.4. The molecule has 1 aromatic carbocycles. The zero-order valence-electron chi connectivity index (χ0n) is 13.6. The molecule has 0 bridgehead atoms. The molecule has 126 valence electrons. The Balaban J connectivity index is 1.37. The summed E-state index contributed by atoms with van der Waals surface area (Å²) < 4.78 is 1.13. The Kier molecular flexibility index (Phi) is 4.39. The lowest BCUT2D eigenvalue weighted by Crippen LogP contribution is -2.48. The number of fused-ring (bicyclic) bond motifs is 1. The predicted octanol–water partition coefficient (Wildman–Crippen LogP) is 2.45. The lowest BCUT2D eigenvalue weighted by molar-refractivity contribution is -0.126. The number of thiazole rings is 1. The van der Waals surface area contributed by atoms with Crippen LogP contribution in [0.15, 0.2) is 48.9 Å². The van der Waals surface area contributed by atoms with Gasteiger partial charge in [-0.25, -0.2) is 9.97 Å². The highest BCUT2D eigenvalue weighted by molar-refractivity contribution is 7.19. The number of anilines is 1. The average molecular weight is 351 g/mol. The summed E-state index contributed by atoms with van der Waals surface area (Å²) in [6.45, 7) is 2.89. The lowest BCUT2D eigenvalue weighted by atomic mass is 10.3. The number of hydrogen-bond donors (Lipinski definition) is 0. The molecule has 0 spiro atoms. The number of piperazine rings is 1. The van der Waals surface area contributed by atoms with E-state index in [1.165, 1.54) is 0 Å². The summed E-state index contributed by atoms with van der Waals surface area (Å²) in [4.78, 5) is 29.3. The number of aromatic nitrogens is 3. The highest BCUT2D eigenvalue weighted by Crippen LogP contribution is 2.22. The van der Waals surface area contributed by atoms with Gasteiger partial charge in [0.05, 0.1) is 16.4 Å². The van der Waals surface area contributed by atoms with Crippen molar-refractivity contribution in [1.29, 1.82) is 0 Å². The zero-order valence-corrected chi connectivity index (χ0v) is 14.4. The lowest BCUT2D eigenvalue weighted by Gasteiger charge is -2.34. The Morgan fingerprint density at radius 2 is 1.96 bits per heavy atom. The van der Waals surface area contributed by atoms with Gasteiger partial charge in [-0.2, -0.15) is 0 Å². The van der Waals surface area contributed by atoms with Crippen molar-refractivity contribution in [2.45, 2.75) is 0 Å². The van der Waals surface area contributed by atoms with Gasteiger partial charge in [0, 0.05) is 44.6 Å². The van der Waals surface area contributed by atoms with Crippen LogP contribution in [-0.2, 0) is 4.79 Å². The van der Waals surface area contributed by atoms with E-state index in [2.05, 4.69) is 19.9 Å². The minimum absolute atomic E-state index is 0.0260. The molecule has 0 atom stereocenters. The minimum atomic E-state index is 0.0260.